The van der Waals surface area contributed by atoms with Crippen LogP contribution in [0.1, 0.15) is 60.8 Å². The predicted molar refractivity (Wildman–Crippen MR) is 87.4 cm³/mol. The summed E-state index contributed by atoms with van der Waals surface area (Å²) in [6.45, 7) is 5.00. The van der Waals surface area contributed by atoms with E-state index < -0.39 is 11.7 Å². The molecule has 2 heterocycles. The van der Waals surface area contributed by atoms with Crippen LogP contribution in [0.4, 0.5) is 13.2 Å². The smallest absolute Gasteiger partial charge is 0.342 e. The molecule has 7 heteroatoms. The summed E-state index contributed by atoms with van der Waals surface area (Å²) in [5.41, 5.74) is -0.380. The lowest BCUT2D eigenvalue weighted by Crippen LogP contribution is -2.29. The Morgan fingerprint density at radius 3 is 2.56 bits per heavy atom. The fourth-order valence-electron chi connectivity index (χ4n) is 3.63. The third-order valence-corrected chi connectivity index (χ3v) is 5.39. The van der Waals surface area contributed by atoms with Crippen molar-refractivity contribution < 1.29 is 18.0 Å². The summed E-state index contributed by atoms with van der Waals surface area (Å²) in [5, 5.41) is 0. The number of nitrogens with zero attached hydrogens (tertiary/aromatic N) is 2. The molecule has 2 aromatic rings. The molecule has 25 heavy (non-hydrogen) atoms. The molecule has 4 rings (SSSR count). The first-order valence-corrected chi connectivity index (χ1v) is 8.59. The first-order chi connectivity index (χ1) is 11.7. The highest BCUT2D eigenvalue weighted by Gasteiger charge is 2.49. The Morgan fingerprint density at radius 1 is 1.28 bits per heavy atom. The zero-order valence-electron chi connectivity index (χ0n) is 14.2. The number of halogens is 3. The van der Waals surface area contributed by atoms with E-state index in [0.29, 0.717) is 18.9 Å². The van der Waals surface area contributed by atoms with Crippen LogP contribution in [0.15, 0.2) is 12.1 Å². The van der Waals surface area contributed by atoms with Crippen LogP contribution in [0.3, 0.4) is 0 Å². The van der Waals surface area contributed by atoms with Crippen LogP contribution in [0, 0.1) is 5.41 Å². The third kappa shape index (κ3) is 2.79. The molecule has 1 aliphatic heterocycles. The molecule has 2 aliphatic rings. The Morgan fingerprint density at radius 2 is 2.00 bits per heavy atom. The largest absolute Gasteiger partial charge is 0.418 e. The lowest BCUT2D eigenvalue weighted by molar-refractivity contribution is -0.136. The van der Waals surface area contributed by atoms with Crippen LogP contribution in [-0.4, -0.2) is 33.9 Å². The number of benzene rings is 1. The van der Waals surface area contributed by atoms with Crippen LogP contribution in [0.5, 0.6) is 0 Å². The molecule has 134 valence electrons. The summed E-state index contributed by atoms with van der Waals surface area (Å²) in [5.74, 6) is 0.140. The predicted octanol–water partition coefficient (Wildman–Crippen LogP) is 4.33. The molecule has 1 saturated heterocycles. The van der Waals surface area contributed by atoms with Gasteiger partial charge in [-0.1, -0.05) is 13.8 Å². The minimum absolute atomic E-state index is 0.0269. The fourth-order valence-corrected chi connectivity index (χ4v) is 3.63. The Balaban J connectivity index is 1.77. The third-order valence-electron chi connectivity index (χ3n) is 5.39. The Labute approximate surface area is 143 Å². The van der Waals surface area contributed by atoms with Crippen molar-refractivity contribution in [3.63, 3.8) is 0 Å². The molecular formula is C18H20F3N3O. The van der Waals surface area contributed by atoms with Gasteiger partial charge in [0, 0.05) is 24.6 Å². The monoisotopic (exact) mass is 351 g/mol. The second kappa shape index (κ2) is 5.22. The van der Waals surface area contributed by atoms with Crippen molar-refractivity contribution in [3.05, 3.63) is 29.1 Å². The lowest BCUT2D eigenvalue weighted by atomic mass is 10.1. The highest BCUT2D eigenvalue weighted by Crippen LogP contribution is 2.52. The molecule has 1 aromatic heterocycles. The van der Waals surface area contributed by atoms with Crippen molar-refractivity contribution in [3.8, 4) is 0 Å². The summed E-state index contributed by atoms with van der Waals surface area (Å²) in [6.07, 6.45) is -1.38. The van der Waals surface area contributed by atoms with E-state index in [9.17, 15) is 18.0 Å². The summed E-state index contributed by atoms with van der Waals surface area (Å²) in [6, 6.07) is 2.46. The SMILES string of the molecule is CC(C)c1nc2c(C(F)(F)F)cc(C(=O)N3CCC4(CC4)C3)cc2[nH]1. The van der Waals surface area contributed by atoms with Crippen molar-refractivity contribution in [2.45, 2.75) is 45.2 Å². The van der Waals surface area contributed by atoms with Gasteiger partial charge in [-0.05, 0) is 36.8 Å². The first kappa shape index (κ1) is 16.4. The number of nitrogens with one attached hydrogen (secondary N) is 1. The summed E-state index contributed by atoms with van der Waals surface area (Å²) < 4.78 is 40.5. The van der Waals surface area contributed by atoms with Gasteiger partial charge in [0.2, 0.25) is 0 Å². The van der Waals surface area contributed by atoms with E-state index >= 15 is 0 Å². The summed E-state index contributed by atoms with van der Waals surface area (Å²) in [4.78, 5) is 21.5. The number of hydrogen-bond acceptors (Lipinski definition) is 2. The lowest BCUT2D eigenvalue weighted by Gasteiger charge is -2.17. The first-order valence-electron chi connectivity index (χ1n) is 8.59. The quantitative estimate of drug-likeness (QED) is 0.875. The number of amides is 1. The van der Waals surface area contributed by atoms with Crippen LogP contribution in [0.2, 0.25) is 0 Å². The zero-order chi connectivity index (χ0) is 18.0. The maximum atomic E-state index is 13.5. The number of carbonyl (C=O) groups excluding carboxylic acids is 1. The number of likely N-dealkylation sites (tertiary alicyclic amines) is 1. The molecule has 0 unspecified atom stereocenters. The van der Waals surface area contributed by atoms with Gasteiger partial charge in [0.15, 0.2) is 0 Å². The van der Waals surface area contributed by atoms with Crippen LogP contribution in [0.25, 0.3) is 11.0 Å². The molecule has 0 radical (unpaired) electrons. The number of imidazole rings is 1. The summed E-state index contributed by atoms with van der Waals surface area (Å²) >= 11 is 0. The number of alkyl halides is 3. The van der Waals surface area contributed by atoms with Gasteiger partial charge in [-0.25, -0.2) is 4.98 Å². The topological polar surface area (TPSA) is 49.0 Å². The zero-order valence-corrected chi connectivity index (χ0v) is 14.2. The van der Waals surface area contributed by atoms with Crippen LogP contribution < -0.4 is 0 Å². The number of aromatic nitrogens is 2. The molecular weight excluding hydrogens is 331 g/mol. The standard InChI is InChI=1S/C18H20F3N3O/c1-10(2)15-22-13-8-11(7-12(14(13)23-15)18(19,20)21)16(25)24-6-5-17(9-24)3-4-17/h7-8,10H,3-6,9H2,1-2H3,(H,22,23). The Hall–Kier alpha value is -2.05. The second-order valence-electron chi connectivity index (χ2n) is 7.67. The maximum Gasteiger partial charge on any atom is 0.418 e. The number of aromatic amines is 1. The molecule has 1 saturated carbocycles. The molecule has 1 aliphatic carbocycles. The van der Waals surface area contributed by atoms with E-state index in [1.807, 2.05) is 13.8 Å². The van der Waals surface area contributed by atoms with E-state index in [-0.39, 0.29) is 33.8 Å². The van der Waals surface area contributed by atoms with Crippen LogP contribution >= 0.6 is 0 Å². The minimum Gasteiger partial charge on any atom is -0.342 e. The normalized spacial score (nSPS) is 19.4. The molecule has 1 N–H and O–H groups in total. The molecule has 1 aromatic carbocycles. The van der Waals surface area contributed by atoms with Crippen molar-refractivity contribution in [2.75, 3.05) is 13.1 Å². The molecule has 4 nitrogen and oxygen atoms in total. The Bertz CT molecular complexity index is 849. The van der Waals surface area contributed by atoms with Crippen molar-refractivity contribution >= 4 is 16.9 Å². The van der Waals surface area contributed by atoms with E-state index in [0.717, 1.165) is 25.3 Å². The van der Waals surface area contributed by atoms with Gasteiger partial charge in [-0.15, -0.1) is 0 Å². The van der Waals surface area contributed by atoms with Crippen LogP contribution in [-0.2, 0) is 6.18 Å². The van der Waals surface area contributed by atoms with E-state index in [1.54, 1.807) is 4.90 Å². The molecule has 2 fully saturated rings. The Kier molecular flexibility index (Phi) is 3.43. The summed E-state index contributed by atoms with van der Waals surface area (Å²) in [7, 11) is 0. The second-order valence-corrected chi connectivity index (χ2v) is 7.67. The number of H-pyrrole nitrogens is 1. The van der Waals surface area contributed by atoms with Crippen molar-refractivity contribution in [1.82, 2.24) is 14.9 Å². The molecule has 0 bridgehead atoms. The fraction of sp³-hybridized carbons (Fsp3) is 0.556. The number of fused-ring (bicyclic) bond motifs is 1. The average Bonchev–Trinajstić information content (AvgIpc) is 2.95. The maximum absolute atomic E-state index is 13.5. The van der Waals surface area contributed by atoms with Gasteiger partial charge in [0.05, 0.1) is 11.1 Å². The average molecular weight is 351 g/mol. The van der Waals surface area contributed by atoms with E-state index in [2.05, 4.69) is 9.97 Å². The molecule has 1 spiro atoms. The van der Waals surface area contributed by atoms with E-state index in [1.165, 1.54) is 6.07 Å². The number of hydrogen-bond donors (Lipinski definition) is 1. The van der Waals surface area contributed by atoms with Crippen molar-refractivity contribution in [2.24, 2.45) is 5.41 Å². The van der Waals surface area contributed by atoms with Gasteiger partial charge < -0.3 is 9.88 Å². The van der Waals surface area contributed by atoms with Gasteiger partial charge in [-0.2, -0.15) is 13.2 Å². The highest BCUT2D eigenvalue weighted by atomic mass is 19.4. The molecule has 1 amide bonds. The number of carbonyl (C=O) groups is 1. The highest BCUT2D eigenvalue weighted by molar-refractivity contribution is 5.98. The molecule has 0 atom stereocenters. The van der Waals surface area contributed by atoms with Gasteiger partial charge >= 0.3 is 6.18 Å². The van der Waals surface area contributed by atoms with Gasteiger partial charge in [0.25, 0.3) is 5.91 Å². The minimum atomic E-state index is -4.55. The van der Waals surface area contributed by atoms with Gasteiger partial charge in [-0.3, -0.25) is 4.79 Å². The van der Waals surface area contributed by atoms with Crippen molar-refractivity contribution in [1.29, 1.82) is 0 Å². The van der Waals surface area contributed by atoms with Gasteiger partial charge in [0.1, 0.15) is 11.3 Å². The van der Waals surface area contributed by atoms with E-state index in [4.69, 9.17) is 0 Å². The number of rotatable bonds is 2.